The minimum atomic E-state index is -8.81. The zero-order valence-corrected chi connectivity index (χ0v) is 17.7. The van der Waals surface area contributed by atoms with Gasteiger partial charge in [0.1, 0.15) is 0 Å². The highest BCUT2D eigenvalue weighted by atomic mass is 32.2. The molecule has 0 spiro atoms. The summed E-state index contributed by atoms with van der Waals surface area (Å²) in [7, 11) is -7.16. The predicted octanol–water partition coefficient (Wildman–Crippen LogP) is 5.37. The van der Waals surface area contributed by atoms with Crippen LogP contribution in [0.3, 0.4) is 0 Å². The Morgan fingerprint density at radius 3 is 1.14 bits per heavy atom. The van der Waals surface area contributed by atoms with E-state index in [0.29, 0.717) is 4.72 Å². The molecule has 0 atom stereocenters. The van der Waals surface area contributed by atoms with Crippen molar-refractivity contribution in [3.05, 3.63) is 0 Å². The van der Waals surface area contributed by atoms with Gasteiger partial charge >= 0.3 is 47.0 Å². The fourth-order valence-corrected chi connectivity index (χ4v) is 2.77. The van der Waals surface area contributed by atoms with Gasteiger partial charge in [-0.2, -0.15) is 74.6 Å². The molecule has 0 aliphatic heterocycles. The molecule has 0 unspecified atom stereocenters. The summed E-state index contributed by atoms with van der Waals surface area (Å²) >= 11 is 0. The Labute approximate surface area is 188 Å². The molecule has 0 radical (unpaired) electrons. The number of nitrogens with one attached hydrogen (secondary N) is 1. The van der Waals surface area contributed by atoms with E-state index in [0.717, 1.165) is 13.8 Å². The van der Waals surface area contributed by atoms with E-state index in [9.17, 15) is 83.1 Å². The van der Waals surface area contributed by atoms with Crippen molar-refractivity contribution in [2.45, 2.75) is 67.2 Å². The number of halogens is 17. The molecule has 0 aromatic heterocycles. The maximum atomic E-state index is 13.5. The number of carboxylic acid groups (broad SMARTS) is 1. The number of carbonyl (C=O) groups is 1. The number of sulfonamides is 1. The zero-order chi connectivity index (χ0) is 30.2. The first-order chi connectivity index (χ1) is 15.3. The molecule has 0 saturated carbocycles. The molecular weight excluding hydrogens is 589 g/mol. The van der Waals surface area contributed by atoms with Gasteiger partial charge in [-0.15, -0.1) is 0 Å². The Balaban J connectivity index is 0. The standard InChI is InChI=1S/C11H8F17NO2S.C2H4O2/c1-2-3-29-32(30,31)11(27,28)9(22,23)7(18,19)5(14,15)4(12,13)6(16,17)8(20,21)10(24,25)26;1-2(3)4/h29H,2-3H2,1H3;1H3,(H,3,4). The van der Waals surface area contributed by atoms with Crippen LogP contribution >= 0.6 is 0 Å². The minimum Gasteiger partial charge on any atom is -0.481 e. The number of rotatable bonds is 10. The Morgan fingerprint density at radius 1 is 0.639 bits per heavy atom. The van der Waals surface area contributed by atoms with Gasteiger partial charge in [-0.05, 0) is 6.42 Å². The van der Waals surface area contributed by atoms with Gasteiger partial charge in [-0.3, -0.25) is 4.79 Å². The Kier molecular flexibility index (Phi) is 10.3. The molecule has 23 heteroatoms. The van der Waals surface area contributed by atoms with E-state index in [-0.39, 0.29) is 0 Å². The first kappa shape index (κ1) is 36.3. The monoisotopic (exact) mass is 601 g/mol. The second-order valence-electron chi connectivity index (χ2n) is 6.38. The molecule has 218 valence electrons. The molecule has 0 bridgehead atoms. The second kappa shape index (κ2) is 10.2. The normalized spacial score (nSPS) is 15.3. The molecule has 0 aromatic rings. The lowest BCUT2D eigenvalue weighted by Gasteiger charge is -2.42. The van der Waals surface area contributed by atoms with Gasteiger partial charge < -0.3 is 5.11 Å². The summed E-state index contributed by atoms with van der Waals surface area (Å²) in [5.74, 6) is -52.3. The summed E-state index contributed by atoms with van der Waals surface area (Å²) in [5.41, 5.74) is 0. The third kappa shape index (κ3) is 5.54. The van der Waals surface area contributed by atoms with Gasteiger partial charge in [0, 0.05) is 13.5 Å². The van der Waals surface area contributed by atoms with Gasteiger partial charge in [-0.1, -0.05) is 6.92 Å². The summed E-state index contributed by atoms with van der Waals surface area (Å²) < 4.78 is 243. The predicted molar refractivity (Wildman–Crippen MR) is 81.2 cm³/mol. The molecule has 0 aromatic carbocycles. The fraction of sp³-hybridized carbons (Fsp3) is 0.923. The van der Waals surface area contributed by atoms with E-state index in [4.69, 9.17) is 9.90 Å². The van der Waals surface area contributed by atoms with E-state index in [1.165, 1.54) is 0 Å². The molecule has 0 amide bonds. The summed E-state index contributed by atoms with van der Waals surface area (Å²) in [6.45, 7) is 0.771. The van der Waals surface area contributed by atoms with Crippen LogP contribution in [0.2, 0.25) is 0 Å². The fourth-order valence-electron chi connectivity index (χ4n) is 1.65. The van der Waals surface area contributed by atoms with E-state index in [1.54, 1.807) is 0 Å². The Morgan fingerprint density at radius 2 is 0.889 bits per heavy atom. The number of carboxylic acids is 1. The molecule has 36 heavy (non-hydrogen) atoms. The lowest BCUT2D eigenvalue weighted by molar-refractivity contribution is -0.458. The Hall–Kier alpha value is -1.81. The Bertz CT molecular complexity index is 877. The second-order valence-corrected chi connectivity index (χ2v) is 8.19. The van der Waals surface area contributed by atoms with Gasteiger partial charge in [0.25, 0.3) is 16.0 Å². The van der Waals surface area contributed by atoms with E-state index in [2.05, 4.69) is 0 Å². The maximum absolute atomic E-state index is 13.5. The number of alkyl halides is 17. The van der Waals surface area contributed by atoms with Crippen LogP contribution in [0.15, 0.2) is 0 Å². The average Bonchev–Trinajstić information content (AvgIpc) is 2.63. The third-order valence-electron chi connectivity index (χ3n) is 3.57. The number of hydrogen-bond donors (Lipinski definition) is 2. The van der Waals surface area contributed by atoms with Crippen LogP contribution in [0, 0.1) is 0 Å². The quantitative estimate of drug-likeness (QED) is 0.330. The van der Waals surface area contributed by atoms with Crippen LogP contribution in [-0.2, 0) is 14.8 Å². The van der Waals surface area contributed by atoms with Crippen molar-refractivity contribution in [1.29, 1.82) is 0 Å². The van der Waals surface area contributed by atoms with Crippen molar-refractivity contribution in [2.24, 2.45) is 0 Å². The minimum absolute atomic E-state index is 0.451. The SMILES string of the molecule is CC(=O)O.CCCNS(=O)(=O)C(F)(F)C(F)(F)C(F)(F)C(F)(F)C(F)(F)C(F)(F)C(F)(F)C(F)(F)F. The lowest BCUT2D eigenvalue weighted by atomic mass is 9.91. The summed E-state index contributed by atoms with van der Waals surface area (Å²) in [5, 5.41) is -0.0833. The highest BCUT2D eigenvalue weighted by Gasteiger charge is 2.96. The molecule has 0 fully saturated rings. The topological polar surface area (TPSA) is 83.5 Å². The van der Waals surface area contributed by atoms with Crippen molar-refractivity contribution in [3.8, 4) is 0 Å². The first-order valence-corrected chi connectivity index (χ1v) is 9.68. The maximum Gasteiger partial charge on any atom is 0.460 e. The smallest absolute Gasteiger partial charge is 0.460 e. The molecule has 0 heterocycles. The van der Waals surface area contributed by atoms with Crippen molar-refractivity contribution >= 4 is 16.0 Å². The van der Waals surface area contributed by atoms with Gasteiger partial charge in [0.05, 0.1) is 0 Å². The van der Waals surface area contributed by atoms with Crippen LogP contribution in [0.4, 0.5) is 74.6 Å². The molecule has 2 N–H and O–H groups in total. The lowest BCUT2D eigenvalue weighted by Crippen LogP contribution is -2.75. The van der Waals surface area contributed by atoms with E-state index in [1.807, 2.05) is 0 Å². The van der Waals surface area contributed by atoms with Crippen molar-refractivity contribution < 1.29 is 93.0 Å². The highest BCUT2D eigenvalue weighted by molar-refractivity contribution is 7.90. The van der Waals surface area contributed by atoms with Crippen LogP contribution in [0.5, 0.6) is 0 Å². The third-order valence-corrected chi connectivity index (χ3v) is 5.09. The summed E-state index contributed by atoms with van der Waals surface area (Å²) in [4.78, 5) is 9.00. The first-order valence-electron chi connectivity index (χ1n) is 8.19. The van der Waals surface area contributed by atoms with E-state index >= 15 is 0 Å². The van der Waals surface area contributed by atoms with Crippen molar-refractivity contribution in [3.63, 3.8) is 0 Å². The van der Waals surface area contributed by atoms with Crippen LogP contribution < -0.4 is 4.72 Å². The van der Waals surface area contributed by atoms with Gasteiger partial charge in [-0.25, -0.2) is 13.1 Å². The molecule has 0 rings (SSSR count). The molecule has 0 aliphatic rings. The van der Waals surface area contributed by atoms with Crippen molar-refractivity contribution in [1.82, 2.24) is 4.72 Å². The average molecular weight is 601 g/mol. The van der Waals surface area contributed by atoms with Gasteiger partial charge in [0.15, 0.2) is 0 Å². The molecule has 5 nitrogen and oxygen atoms in total. The van der Waals surface area contributed by atoms with Crippen LogP contribution in [-0.4, -0.2) is 73.0 Å². The van der Waals surface area contributed by atoms with Crippen LogP contribution in [0.25, 0.3) is 0 Å². The largest absolute Gasteiger partial charge is 0.481 e. The summed E-state index contributed by atoms with van der Waals surface area (Å²) in [6, 6.07) is 0. The molecule has 0 aliphatic carbocycles. The number of aliphatic carboxylic acids is 1. The zero-order valence-electron chi connectivity index (χ0n) is 16.9. The highest BCUT2D eigenvalue weighted by Crippen LogP contribution is 2.64. The summed E-state index contributed by atoms with van der Waals surface area (Å²) in [6.07, 6.45) is -8.39. The van der Waals surface area contributed by atoms with Crippen LogP contribution in [0.1, 0.15) is 20.3 Å². The molecule has 0 saturated heterocycles. The van der Waals surface area contributed by atoms with E-state index < -0.39 is 75.9 Å². The van der Waals surface area contributed by atoms with Crippen molar-refractivity contribution in [2.75, 3.05) is 6.54 Å². The molecular formula is C13H12F17NO4S. The number of hydrogen-bond acceptors (Lipinski definition) is 3. The van der Waals surface area contributed by atoms with Gasteiger partial charge in [0.2, 0.25) is 0 Å².